The van der Waals surface area contributed by atoms with Crippen LogP contribution in [0.4, 0.5) is 5.69 Å². The second-order valence-corrected chi connectivity index (χ2v) is 4.18. The van der Waals surface area contributed by atoms with Crippen molar-refractivity contribution in [3.63, 3.8) is 0 Å². The van der Waals surface area contributed by atoms with E-state index in [0.717, 1.165) is 18.2 Å². The second kappa shape index (κ2) is 4.38. The fourth-order valence-corrected chi connectivity index (χ4v) is 1.74. The largest absolute Gasteiger partial charge is 0.409 e. The predicted octanol–water partition coefficient (Wildman–Crippen LogP) is 1.02. The van der Waals surface area contributed by atoms with E-state index in [1.54, 1.807) is 6.20 Å². The summed E-state index contributed by atoms with van der Waals surface area (Å²) in [5, 5.41) is 11.7. The third-order valence-electron chi connectivity index (χ3n) is 2.78. The summed E-state index contributed by atoms with van der Waals surface area (Å²) in [4.78, 5) is 6.25. The molecule has 1 heterocycles. The summed E-state index contributed by atoms with van der Waals surface area (Å²) in [5.41, 5.74) is 7.03. The maximum atomic E-state index is 8.69. The average molecular weight is 220 g/mol. The van der Waals surface area contributed by atoms with E-state index in [1.165, 1.54) is 12.8 Å². The minimum absolute atomic E-state index is 0.0539. The Labute approximate surface area is 94.6 Å². The Morgan fingerprint density at radius 3 is 3.06 bits per heavy atom. The van der Waals surface area contributed by atoms with Crippen molar-refractivity contribution in [1.82, 2.24) is 4.98 Å². The summed E-state index contributed by atoms with van der Waals surface area (Å²) in [5.74, 6) is 0.837. The highest BCUT2D eigenvalue weighted by Gasteiger charge is 2.24. The lowest BCUT2D eigenvalue weighted by Gasteiger charge is -2.20. The van der Waals surface area contributed by atoms with Crippen molar-refractivity contribution in [2.24, 2.45) is 16.8 Å². The SMILES string of the molecule is CN(CC1CC1)c1cccnc1/C(N)=N/O. The van der Waals surface area contributed by atoms with E-state index >= 15 is 0 Å². The van der Waals surface area contributed by atoms with Crippen LogP contribution in [-0.4, -0.2) is 29.6 Å². The highest BCUT2D eigenvalue weighted by Crippen LogP contribution is 2.31. The molecule has 5 nitrogen and oxygen atoms in total. The Bertz CT molecular complexity index is 401. The molecule has 0 bridgehead atoms. The average Bonchev–Trinajstić information content (AvgIpc) is 3.12. The zero-order valence-electron chi connectivity index (χ0n) is 9.30. The van der Waals surface area contributed by atoms with Crippen LogP contribution in [0.3, 0.4) is 0 Å². The summed E-state index contributed by atoms with van der Waals surface area (Å²) in [6, 6.07) is 3.79. The molecule has 0 saturated heterocycles. The summed E-state index contributed by atoms with van der Waals surface area (Å²) in [6.45, 7) is 0.997. The molecule has 0 unspecified atom stereocenters. The molecule has 0 radical (unpaired) electrons. The lowest BCUT2D eigenvalue weighted by molar-refractivity contribution is 0.318. The molecule has 5 heteroatoms. The van der Waals surface area contributed by atoms with Gasteiger partial charge in [0.2, 0.25) is 0 Å². The number of oxime groups is 1. The molecule has 1 aromatic rings. The lowest BCUT2D eigenvalue weighted by Crippen LogP contribution is -2.25. The van der Waals surface area contributed by atoms with Gasteiger partial charge < -0.3 is 15.8 Å². The maximum Gasteiger partial charge on any atom is 0.190 e. The molecule has 0 amide bonds. The predicted molar refractivity (Wildman–Crippen MR) is 62.7 cm³/mol. The van der Waals surface area contributed by atoms with Gasteiger partial charge in [0.05, 0.1) is 5.69 Å². The van der Waals surface area contributed by atoms with Crippen LogP contribution in [0.5, 0.6) is 0 Å². The Kier molecular flexibility index (Phi) is 2.94. The minimum atomic E-state index is 0.0539. The topological polar surface area (TPSA) is 74.7 Å². The number of amidine groups is 1. The number of anilines is 1. The van der Waals surface area contributed by atoms with Gasteiger partial charge in [0.15, 0.2) is 5.84 Å². The molecule has 1 saturated carbocycles. The Morgan fingerprint density at radius 1 is 1.69 bits per heavy atom. The first-order valence-electron chi connectivity index (χ1n) is 5.36. The number of nitrogens with two attached hydrogens (primary N) is 1. The van der Waals surface area contributed by atoms with Crippen molar-refractivity contribution >= 4 is 11.5 Å². The van der Waals surface area contributed by atoms with E-state index in [0.29, 0.717) is 5.69 Å². The van der Waals surface area contributed by atoms with Crippen LogP contribution < -0.4 is 10.6 Å². The van der Waals surface area contributed by atoms with Crippen molar-refractivity contribution in [1.29, 1.82) is 0 Å². The third-order valence-corrected chi connectivity index (χ3v) is 2.78. The lowest BCUT2D eigenvalue weighted by atomic mass is 10.2. The van der Waals surface area contributed by atoms with Gasteiger partial charge in [-0.2, -0.15) is 0 Å². The van der Waals surface area contributed by atoms with Crippen LogP contribution in [0.2, 0.25) is 0 Å². The fourth-order valence-electron chi connectivity index (χ4n) is 1.74. The summed E-state index contributed by atoms with van der Waals surface area (Å²) in [6.07, 6.45) is 4.23. The molecule has 1 aliphatic carbocycles. The number of rotatable bonds is 4. The van der Waals surface area contributed by atoms with Crippen molar-refractivity contribution in [2.75, 3.05) is 18.5 Å². The summed E-state index contributed by atoms with van der Waals surface area (Å²) < 4.78 is 0. The fraction of sp³-hybridized carbons (Fsp3) is 0.455. The molecule has 16 heavy (non-hydrogen) atoms. The van der Waals surface area contributed by atoms with Crippen LogP contribution in [0.25, 0.3) is 0 Å². The zero-order valence-corrected chi connectivity index (χ0v) is 9.30. The maximum absolute atomic E-state index is 8.69. The molecule has 0 aliphatic heterocycles. The van der Waals surface area contributed by atoms with Gasteiger partial charge in [0.25, 0.3) is 0 Å². The van der Waals surface area contributed by atoms with Crippen molar-refractivity contribution < 1.29 is 5.21 Å². The first kappa shape index (κ1) is 10.7. The summed E-state index contributed by atoms with van der Waals surface area (Å²) >= 11 is 0. The highest BCUT2D eigenvalue weighted by atomic mass is 16.4. The first-order chi connectivity index (χ1) is 7.72. The van der Waals surface area contributed by atoms with Gasteiger partial charge in [-0.25, -0.2) is 0 Å². The van der Waals surface area contributed by atoms with Crippen molar-refractivity contribution in [3.8, 4) is 0 Å². The minimum Gasteiger partial charge on any atom is -0.409 e. The number of nitrogens with zero attached hydrogens (tertiary/aromatic N) is 3. The van der Waals surface area contributed by atoms with E-state index < -0.39 is 0 Å². The van der Waals surface area contributed by atoms with Gasteiger partial charge in [-0.05, 0) is 30.9 Å². The van der Waals surface area contributed by atoms with Crippen molar-refractivity contribution in [3.05, 3.63) is 24.0 Å². The van der Waals surface area contributed by atoms with Crippen LogP contribution in [0, 0.1) is 5.92 Å². The third kappa shape index (κ3) is 2.24. The van der Waals surface area contributed by atoms with E-state index in [2.05, 4.69) is 15.0 Å². The smallest absolute Gasteiger partial charge is 0.190 e. The van der Waals surface area contributed by atoms with E-state index in [4.69, 9.17) is 10.9 Å². The second-order valence-electron chi connectivity index (χ2n) is 4.18. The van der Waals surface area contributed by atoms with Crippen LogP contribution in [0.15, 0.2) is 23.5 Å². The number of pyridine rings is 1. The molecule has 2 rings (SSSR count). The molecule has 86 valence electrons. The van der Waals surface area contributed by atoms with Gasteiger partial charge in [0.1, 0.15) is 5.69 Å². The number of hydrogen-bond donors (Lipinski definition) is 2. The molecule has 3 N–H and O–H groups in total. The Balaban J connectivity index is 2.23. The van der Waals surface area contributed by atoms with E-state index in [9.17, 15) is 0 Å². The van der Waals surface area contributed by atoms with E-state index in [-0.39, 0.29) is 5.84 Å². The van der Waals surface area contributed by atoms with Gasteiger partial charge in [-0.1, -0.05) is 5.16 Å². The molecule has 0 spiro atoms. The molecule has 0 aromatic carbocycles. The quantitative estimate of drug-likeness (QED) is 0.344. The molecule has 1 aromatic heterocycles. The van der Waals surface area contributed by atoms with Gasteiger partial charge in [-0.3, -0.25) is 4.98 Å². The van der Waals surface area contributed by atoms with Gasteiger partial charge in [-0.15, -0.1) is 0 Å². The molecule has 1 aliphatic rings. The first-order valence-corrected chi connectivity index (χ1v) is 5.36. The zero-order chi connectivity index (χ0) is 11.5. The van der Waals surface area contributed by atoms with E-state index in [1.807, 2.05) is 19.2 Å². The molecular weight excluding hydrogens is 204 g/mol. The number of aromatic nitrogens is 1. The summed E-state index contributed by atoms with van der Waals surface area (Å²) in [7, 11) is 2.00. The number of hydrogen-bond acceptors (Lipinski definition) is 4. The Hall–Kier alpha value is -1.78. The van der Waals surface area contributed by atoms with Gasteiger partial charge in [0, 0.05) is 19.8 Å². The van der Waals surface area contributed by atoms with Crippen molar-refractivity contribution in [2.45, 2.75) is 12.8 Å². The van der Waals surface area contributed by atoms with Gasteiger partial charge >= 0.3 is 0 Å². The molecular formula is C11H16N4O. The highest BCUT2D eigenvalue weighted by molar-refractivity contribution is 6.00. The van der Waals surface area contributed by atoms with Crippen LogP contribution >= 0.6 is 0 Å². The van der Waals surface area contributed by atoms with Crippen LogP contribution in [0.1, 0.15) is 18.5 Å². The van der Waals surface area contributed by atoms with Crippen LogP contribution in [-0.2, 0) is 0 Å². The standard InChI is InChI=1S/C11H16N4O/c1-15(7-8-4-5-8)9-3-2-6-13-10(9)11(12)14-16/h2-3,6,8,16H,4-5,7H2,1H3,(H2,12,14). The Morgan fingerprint density at radius 2 is 2.44 bits per heavy atom. The molecule has 1 fully saturated rings. The normalized spacial score (nSPS) is 16.2. The molecule has 0 atom stereocenters. The monoisotopic (exact) mass is 220 g/mol.